The number of ether oxygens (including phenoxy) is 3. The summed E-state index contributed by atoms with van der Waals surface area (Å²) in [4.78, 5) is 0. The van der Waals surface area contributed by atoms with Crippen LogP contribution < -0.4 is 4.74 Å². The zero-order chi connectivity index (χ0) is 36.4. The minimum Gasteiger partial charge on any atom is -0.490 e. The number of unbranched alkanes of at least 4 members (excludes halogenated alkanes) is 1. The Kier molecular flexibility index (Phi) is 16.3. The molecule has 0 aromatic heterocycles. The van der Waals surface area contributed by atoms with Gasteiger partial charge < -0.3 is 14.2 Å². The Morgan fingerprint density at radius 3 is 1.90 bits per heavy atom. The molecule has 1 aliphatic rings. The van der Waals surface area contributed by atoms with Crippen molar-refractivity contribution < 1.29 is 14.2 Å². The van der Waals surface area contributed by atoms with Gasteiger partial charge in [-0.3, -0.25) is 0 Å². The van der Waals surface area contributed by atoms with Crippen molar-refractivity contribution in [2.75, 3.05) is 19.8 Å². The average Bonchev–Trinajstić information content (AvgIpc) is 3.19. The Morgan fingerprint density at radius 1 is 0.615 bits per heavy atom. The number of fused-ring (bicyclic) bond motifs is 1. The van der Waals surface area contributed by atoms with Gasteiger partial charge in [0.25, 0.3) is 0 Å². The highest BCUT2D eigenvalue weighted by Crippen LogP contribution is 2.39. The molecule has 52 heavy (non-hydrogen) atoms. The fourth-order valence-electron chi connectivity index (χ4n) is 7.40. The number of hydrogen-bond acceptors (Lipinski definition) is 3. The van der Waals surface area contributed by atoms with E-state index in [0.717, 1.165) is 53.4 Å². The van der Waals surface area contributed by atoms with Crippen molar-refractivity contribution in [2.45, 2.75) is 110 Å². The molecule has 1 saturated carbocycles. The van der Waals surface area contributed by atoms with E-state index in [1.54, 1.807) is 0 Å². The largest absolute Gasteiger partial charge is 0.490 e. The van der Waals surface area contributed by atoms with Crippen molar-refractivity contribution in [1.29, 1.82) is 0 Å². The molecule has 1 fully saturated rings. The molecule has 0 spiro atoms. The summed E-state index contributed by atoms with van der Waals surface area (Å²) in [5.41, 5.74) is 5.99. The van der Waals surface area contributed by atoms with Gasteiger partial charge in [-0.1, -0.05) is 181 Å². The molecule has 0 heterocycles. The molecule has 0 radical (unpaired) electrons. The first-order valence-electron chi connectivity index (χ1n) is 20.1. The summed E-state index contributed by atoms with van der Waals surface area (Å²) >= 11 is 0. The van der Waals surface area contributed by atoms with Crippen LogP contribution in [0.15, 0.2) is 121 Å². The standard InChI is InChI=1S/C28H34O2.C21H28O/c1-3-4-12-23(2)19-20-29-21-22-30-28-26(24-13-7-5-8-14-24)17-11-18-27(28)25-15-9-6-10-16-25;1-16(14-17(2)22-21-10-4-3-5-11-21)19-13-12-18-8-6-7-9-20(18)15-19/h5-11,13-18,23H,3-4,12,19-22H2,1-2H3;6-9,12-13,15-17,21H,3-5,10-11,14H2,1-2H3. The predicted octanol–water partition coefficient (Wildman–Crippen LogP) is 13.7. The van der Waals surface area contributed by atoms with Crippen molar-refractivity contribution in [3.05, 3.63) is 127 Å². The van der Waals surface area contributed by atoms with Crippen LogP contribution in [-0.2, 0) is 9.47 Å². The molecule has 6 rings (SSSR count). The van der Waals surface area contributed by atoms with Gasteiger partial charge in [0.05, 0.1) is 18.8 Å². The highest BCUT2D eigenvalue weighted by atomic mass is 16.5. The molecule has 3 heteroatoms. The SMILES string of the molecule is CC(CC(C)c1ccc2ccccc2c1)OC1CCCCC1.CCCCC(C)CCOCCOc1c(-c2ccccc2)cccc1-c1ccccc1. The van der Waals surface area contributed by atoms with E-state index in [9.17, 15) is 0 Å². The first-order valence-corrected chi connectivity index (χ1v) is 20.1. The lowest BCUT2D eigenvalue weighted by molar-refractivity contribution is -0.0264. The van der Waals surface area contributed by atoms with Gasteiger partial charge in [-0.05, 0) is 71.9 Å². The van der Waals surface area contributed by atoms with E-state index in [1.807, 2.05) is 12.1 Å². The maximum Gasteiger partial charge on any atom is 0.135 e. The molecule has 3 unspecified atom stereocenters. The monoisotopic (exact) mass is 698 g/mol. The highest BCUT2D eigenvalue weighted by molar-refractivity contribution is 5.83. The Hall–Kier alpha value is -3.92. The minimum absolute atomic E-state index is 0.351. The quantitative estimate of drug-likeness (QED) is 0.0905. The van der Waals surface area contributed by atoms with E-state index >= 15 is 0 Å². The summed E-state index contributed by atoms with van der Waals surface area (Å²) in [6.07, 6.45) is 13.6. The van der Waals surface area contributed by atoms with Crippen molar-refractivity contribution >= 4 is 10.8 Å². The van der Waals surface area contributed by atoms with E-state index in [-0.39, 0.29) is 0 Å². The van der Waals surface area contributed by atoms with Crippen LogP contribution in [0.5, 0.6) is 5.75 Å². The van der Waals surface area contributed by atoms with Crippen LogP contribution in [-0.4, -0.2) is 32.0 Å². The van der Waals surface area contributed by atoms with Crippen molar-refractivity contribution in [3.63, 3.8) is 0 Å². The lowest BCUT2D eigenvalue weighted by Gasteiger charge is -2.27. The topological polar surface area (TPSA) is 27.7 Å². The summed E-state index contributed by atoms with van der Waals surface area (Å²) in [6, 6.07) is 42.7. The van der Waals surface area contributed by atoms with E-state index in [4.69, 9.17) is 14.2 Å². The molecule has 1 aliphatic carbocycles. The molecule has 0 N–H and O–H groups in total. The molecule has 0 amide bonds. The molecule has 5 aromatic carbocycles. The van der Waals surface area contributed by atoms with Crippen LogP contribution in [0.4, 0.5) is 0 Å². The van der Waals surface area contributed by atoms with Gasteiger partial charge in [-0.15, -0.1) is 0 Å². The van der Waals surface area contributed by atoms with Crippen LogP contribution in [0, 0.1) is 5.92 Å². The molecular weight excluding hydrogens is 637 g/mol. The van der Waals surface area contributed by atoms with Crippen LogP contribution in [0.3, 0.4) is 0 Å². The van der Waals surface area contributed by atoms with Crippen LogP contribution >= 0.6 is 0 Å². The summed E-state index contributed by atoms with van der Waals surface area (Å²) in [7, 11) is 0. The Morgan fingerprint density at radius 2 is 1.25 bits per heavy atom. The molecule has 276 valence electrons. The van der Waals surface area contributed by atoms with Gasteiger partial charge in [0.1, 0.15) is 12.4 Å². The predicted molar refractivity (Wildman–Crippen MR) is 221 cm³/mol. The van der Waals surface area contributed by atoms with Crippen molar-refractivity contribution in [1.82, 2.24) is 0 Å². The second-order valence-corrected chi connectivity index (χ2v) is 14.9. The molecule has 0 saturated heterocycles. The van der Waals surface area contributed by atoms with Crippen LogP contribution in [0.2, 0.25) is 0 Å². The number of para-hydroxylation sites is 1. The first-order chi connectivity index (χ1) is 25.5. The van der Waals surface area contributed by atoms with E-state index in [0.29, 0.717) is 31.3 Å². The molecular formula is C49H62O3. The molecule has 5 aromatic rings. The maximum atomic E-state index is 6.32. The summed E-state index contributed by atoms with van der Waals surface area (Å²) in [5.74, 6) is 2.20. The first kappa shape index (κ1) is 39.3. The number of rotatable bonds is 17. The molecule has 0 aliphatic heterocycles. The number of benzene rings is 5. The third-order valence-corrected chi connectivity index (χ3v) is 10.5. The Labute approximate surface area is 314 Å². The van der Waals surface area contributed by atoms with E-state index in [1.165, 1.54) is 67.7 Å². The summed E-state index contributed by atoms with van der Waals surface area (Å²) in [5, 5.41) is 2.66. The maximum absolute atomic E-state index is 6.32. The second kappa shape index (κ2) is 21.6. The van der Waals surface area contributed by atoms with Crippen LogP contribution in [0.25, 0.3) is 33.0 Å². The lowest BCUT2D eigenvalue weighted by Crippen LogP contribution is -2.23. The number of hydrogen-bond donors (Lipinski definition) is 0. The zero-order valence-corrected chi connectivity index (χ0v) is 32.3. The average molecular weight is 699 g/mol. The Balaban J connectivity index is 0.000000210. The molecule has 3 atom stereocenters. The van der Waals surface area contributed by atoms with Crippen molar-refractivity contribution in [2.24, 2.45) is 5.92 Å². The van der Waals surface area contributed by atoms with E-state index in [2.05, 4.69) is 137 Å². The summed E-state index contributed by atoms with van der Waals surface area (Å²) < 4.78 is 18.5. The molecule has 3 nitrogen and oxygen atoms in total. The third kappa shape index (κ3) is 12.3. The second-order valence-electron chi connectivity index (χ2n) is 14.9. The van der Waals surface area contributed by atoms with Crippen molar-refractivity contribution in [3.8, 4) is 28.0 Å². The molecule has 0 bridgehead atoms. The van der Waals surface area contributed by atoms with E-state index < -0.39 is 0 Å². The summed E-state index contributed by atoms with van der Waals surface area (Å²) in [6.45, 7) is 11.1. The normalized spacial score (nSPS) is 15.0. The lowest BCUT2D eigenvalue weighted by atomic mass is 9.93. The van der Waals surface area contributed by atoms with Gasteiger partial charge in [0.2, 0.25) is 0 Å². The van der Waals surface area contributed by atoms with Crippen LogP contribution in [0.1, 0.15) is 103 Å². The van der Waals surface area contributed by atoms with Gasteiger partial charge in [-0.25, -0.2) is 0 Å². The fraction of sp³-hybridized carbons (Fsp3) is 0.429. The highest BCUT2D eigenvalue weighted by Gasteiger charge is 2.19. The smallest absolute Gasteiger partial charge is 0.135 e. The van der Waals surface area contributed by atoms with Gasteiger partial charge in [0.15, 0.2) is 0 Å². The van der Waals surface area contributed by atoms with Gasteiger partial charge in [0, 0.05) is 17.7 Å². The fourth-order valence-corrected chi connectivity index (χ4v) is 7.40. The third-order valence-electron chi connectivity index (χ3n) is 10.5. The zero-order valence-electron chi connectivity index (χ0n) is 32.3. The van der Waals surface area contributed by atoms with Gasteiger partial charge >= 0.3 is 0 Å². The Bertz CT molecular complexity index is 1650. The van der Waals surface area contributed by atoms with Gasteiger partial charge in [-0.2, -0.15) is 0 Å². The minimum atomic E-state index is 0.351.